The van der Waals surface area contributed by atoms with Crippen LogP contribution in [0.3, 0.4) is 0 Å². The fraction of sp³-hybridized carbons (Fsp3) is 0.0714. The number of hydrogen-bond acceptors (Lipinski definition) is 4. The fourth-order valence-electron chi connectivity index (χ4n) is 1.60. The van der Waals surface area contributed by atoms with Crippen LogP contribution in [-0.2, 0) is 10.0 Å². The molecule has 0 aliphatic rings. The predicted molar refractivity (Wildman–Crippen MR) is 74.1 cm³/mol. The van der Waals surface area contributed by atoms with Gasteiger partial charge in [0.15, 0.2) is 0 Å². The summed E-state index contributed by atoms with van der Waals surface area (Å²) in [7, 11) is -2.48. The zero-order valence-corrected chi connectivity index (χ0v) is 11.6. The van der Waals surface area contributed by atoms with Gasteiger partial charge in [-0.2, -0.15) is 0 Å². The molecule has 104 valence electrons. The zero-order chi connectivity index (χ0) is 14.6. The van der Waals surface area contributed by atoms with Gasteiger partial charge in [-0.05, 0) is 24.3 Å². The Labute approximate surface area is 117 Å². The monoisotopic (exact) mass is 291 g/mol. The zero-order valence-electron chi connectivity index (χ0n) is 10.7. The third-order valence-electron chi connectivity index (χ3n) is 2.61. The summed E-state index contributed by atoms with van der Waals surface area (Å²) in [6.07, 6.45) is 0. The first kappa shape index (κ1) is 14.1. The van der Waals surface area contributed by atoms with E-state index in [-0.39, 0.29) is 10.5 Å². The number of sulfonamides is 1. The van der Waals surface area contributed by atoms with E-state index in [1.807, 2.05) is 4.72 Å². The highest BCUT2D eigenvalue weighted by molar-refractivity contribution is 7.90. The molecule has 0 atom stereocenters. The molecule has 0 fully saturated rings. The Bertz CT molecular complexity index is 711. The van der Waals surface area contributed by atoms with Crippen LogP contribution in [0.5, 0.6) is 5.75 Å². The molecule has 20 heavy (non-hydrogen) atoms. The minimum atomic E-state index is -3.92. The van der Waals surface area contributed by atoms with Crippen molar-refractivity contribution in [1.29, 1.82) is 0 Å². The van der Waals surface area contributed by atoms with Gasteiger partial charge in [0, 0.05) is 11.6 Å². The maximum Gasteiger partial charge on any atom is 0.264 e. The number of hydrogen-bond donors (Lipinski definition) is 1. The molecule has 6 heteroatoms. The number of benzene rings is 2. The van der Waals surface area contributed by atoms with Gasteiger partial charge in [0.2, 0.25) is 0 Å². The summed E-state index contributed by atoms with van der Waals surface area (Å²) >= 11 is 0. The van der Waals surface area contributed by atoms with E-state index >= 15 is 0 Å². The van der Waals surface area contributed by atoms with Gasteiger partial charge in [-0.1, -0.05) is 24.3 Å². The summed E-state index contributed by atoms with van der Waals surface area (Å²) in [6.45, 7) is 0. The third-order valence-corrected chi connectivity index (χ3v) is 3.94. The first-order chi connectivity index (χ1) is 9.53. The lowest BCUT2D eigenvalue weighted by Gasteiger charge is -2.08. The van der Waals surface area contributed by atoms with Crippen molar-refractivity contribution in [3.05, 3.63) is 60.2 Å². The van der Waals surface area contributed by atoms with Crippen LogP contribution in [0.15, 0.2) is 59.5 Å². The molecule has 0 saturated heterocycles. The van der Waals surface area contributed by atoms with E-state index in [4.69, 9.17) is 4.74 Å². The van der Waals surface area contributed by atoms with Crippen LogP contribution in [-0.4, -0.2) is 21.4 Å². The Morgan fingerprint density at radius 3 is 2.40 bits per heavy atom. The molecule has 0 spiro atoms. The maximum atomic E-state index is 12.1. The Kier molecular flexibility index (Phi) is 4.05. The lowest BCUT2D eigenvalue weighted by atomic mass is 10.2. The summed E-state index contributed by atoms with van der Waals surface area (Å²) in [5.74, 6) is -0.270. The van der Waals surface area contributed by atoms with E-state index in [0.29, 0.717) is 5.75 Å². The number of carbonyl (C=O) groups is 1. The average molecular weight is 291 g/mol. The van der Waals surface area contributed by atoms with Crippen molar-refractivity contribution in [2.45, 2.75) is 4.90 Å². The molecule has 5 nitrogen and oxygen atoms in total. The Morgan fingerprint density at radius 1 is 1.05 bits per heavy atom. The largest absolute Gasteiger partial charge is 0.497 e. The highest BCUT2D eigenvalue weighted by Gasteiger charge is 2.18. The van der Waals surface area contributed by atoms with E-state index in [2.05, 4.69) is 0 Å². The van der Waals surface area contributed by atoms with Crippen molar-refractivity contribution in [2.75, 3.05) is 7.11 Å². The lowest BCUT2D eigenvalue weighted by molar-refractivity contribution is 0.0981. The first-order valence-corrected chi connectivity index (χ1v) is 7.27. The average Bonchev–Trinajstić information content (AvgIpc) is 2.48. The minimum absolute atomic E-state index is 0.0267. The summed E-state index contributed by atoms with van der Waals surface area (Å²) < 4.78 is 31.2. The second-order valence-corrected chi connectivity index (χ2v) is 5.66. The molecule has 2 rings (SSSR count). The number of carbonyl (C=O) groups excluding carboxylic acids is 1. The van der Waals surface area contributed by atoms with Crippen LogP contribution in [0.4, 0.5) is 0 Å². The second-order valence-electron chi connectivity index (χ2n) is 3.98. The standard InChI is InChI=1S/C14H13NO4S/c1-19-12-8-5-9-13(10-12)20(17,18)15-14(16)11-6-3-2-4-7-11/h2-10H,1H3,(H,15,16). The molecular formula is C14H13NO4S. The lowest BCUT2D eigenvalue weighted by Crippen LogP contribution is -2.30. The van der Waals surface area contributed by atoms with E-state index < -0.39 is 15.9 Å². The van der Waals surface area contributed by atoms with E-state index in [9.17, 15) is 13.2 Å². The van der Waals surface area contributed by atoms with Crippen molar-refractivity contribution in [1.82, 2.24) is 4.72 Å². The first-order valence-electron chi connectivity index (χ1n) is 5.79. The SMILES string of the molecule is COc1cccc(S(=O)(=O)NC(=O)c2ccccc2)c1. The maximum absolute atomic E-state index is 12.1. The van der Waals surface area contributed by atoms with Gasteiger partial charge < -0.3 is 4.74 Å². The molecule has 0 saturated carbocycles. The summed E-state index contributed by atoms with van der Waals surface area (Å²) in [6, 6.07) is 14.0. The van der Waals surface area contributed by atoms with Crippen LogP contribution < -0.4 is 9.46 Å². The molecule has 2 aromatic carbocycles. The number of nitrogens with one attached hydrogen (secondary N) is 1. The van der Waals surface area contributed by atoms with Crippen LogP contribution >= 0.6 is 0 Å². The Balaban J connectivity index is 2.25. The number of ether oxygens (including phenoxy) is 1. The molecule has 1 N–H and O–H groups in total. The summed E-state index contributed by atoms with van der Waals surface area (Å²) in [5, 5.41) is 0. The van der Waals surface area contributed by atoms with Crippen LogP contribution in [0.25, 0.3) is 0 Å². The molecule has 2 aromatic rings. The molecule has 0 unspecified atom stereocenters. The van der Waals surface area contributed by atoms with Gasteiger partial charge in [-0.3, -0.25) is 4.79 Å². The summed E-state index contributed by atoms with van der Waals surface area (Å²) in [5.41, 5.74) is 0.277. The van der Waals surface area contributed by atoms with Crippen molar-refractivity contribution in [3.8, 4) is 5.75 Å². The van der Waals surface area contributed by atoms with Crippen molar-refractivity contribution in [3.63, 3.8) is 0 Å². The van der Waals surface area contributed by atoms with Crippen molar-refractivity contribution >= 4 is 15.9 Å². The molecule has 0 radical (unpaired) electrons. The van der Waals surface area contributed by atoms with Gasteiger partial charge in [0.05, 0.1) is 12.0 Å². The quantitative estimate of drug-likeness (QED) is 0.932. The van der Waals surface area contributed by atoms with Gasteiger partial charge >= 0.3 is 0 Å². The smallest absolute Gasteiger partial charge is 0.264 e. The number of methoxy groups -OCH3 is 1. The minimum Gasteiger partial charge on any atom is -0.497 e. The summed E-state index contributed by atoms with van der Waals surface area (Å²) in [4.78, 5) is 11.8. The normalized spacial score (nSPS) is 10.8. The van der Waals surface area contributed by atoms with E-state index in [1.165, 1.54) is 31.4 Å². The molecule has 0 aromatic heterocycles. The third kappa shape index (κ3) is 3.16. The highest BCUT2D eigenvalue weighted by Crippen LogP contribution is 2.17. The van der Waals surface area contributed by atoms with Gasteiger partial charge in [-0.25, -0.2) is 13.1 Å². The molecule has 1 amide bonds. The van der Waals surface area contributed by atoms with Gasteiger partial charge in [0.1, 0.15) is 5.75 Å². The van der Waals surface area contributed by atoms with E-state index in [1.54, 1.807) is 30.3 Å². The van der Waals surface area contributed by atoms with Crippen LogP contribution in [0.1, 0.15) is 10.4 Å². The highest BCUT2D eigenvalue weighted by atomic mass is 32.2. The topological polar surface area (TPSA) is 72.5 Å². The van der Waals surface area contributed by atoms with Crippen molar-refractivity contribution in [2.24, 2.45) is 0 Å². The Morgan fingerprint density at radius 2 is 1.75 bits per heavy atom. The molecule has 0 aliphatic carbocycles. The van der Waals surface area contributed by atoms with Crippen molar-refractivity contribution < 1.29 is 17.9 Å². The van der Waals surface area contributed by atoms with Crippen LogP contribution in [0, 0.1) is 0 Å². The molecule has 0 bridgehead atoms. The molecular weight excluding hydrogens is 278 g/mol. The second kappa shape index (κ2) is 5.75. The molecule has 0 heterocycles. The van der Waals surface area contributed by atoms with E-state index in [0.717, 1.165) is 0 Å². The number of rotatable bonds is 4. The van der Waals surface area contributed by atoms with Gasteiger partial charge in [0.25, 0.3) is 15.9 Å². The van der Waals surface area contributed by atoms with Gasteiger partial charge in [-0.15, -0.1) is 0 Å². The molecule has 0 aliphatic heterocycles. The van der Waals surface area contributed by atoms with Crippen LogP contribution in [0.2, 0.25) is 0 Å². The fourth-order valence-corrected chi connectivity index (χ4v) is 2.61. The number of amides is 1. The predicted octanol–water partition coefficient (Wildman–Crippen LogP) is 1.81. The Hall–Kier alpha value is -2.34.